The zero-order valence-electron chi connectivity index (χ0n) is 21.7. The van der Waals surface area contributed by atoms with Crippen LogP contribution in [-0.2, 0) is 17.6 Å². The molecule has 2 aromatic carbocycles. The van der Waals surface area contributed by atoms with Gasteiger partial charge in [-0.15, -0.1) is 0 Å². The van der Waals surface area contributed by atoms with Gasteiger partial charge in [0.1, 0.15) is 11.3 Å². The molecule has 200 valence electrons. The first-order valence-corrected chi connectivity index (χ1v) is 14.3. The highest BCUT2D eigenvalue weighted by Gasteiger charge is 2.50. The van der Waals surface area contributed by atoms with Gasteiger partial charge < -0.3 is 19.2 Å². The van der Waals surface area contributed by atoms with E-state index in [4.69, 9.17) is 20.8 Å². The number of hydrogen-bond donors (Lipinski definition) is 1. The lowest BCUT2D eigenvalue weighted by Gasteiger charge is -2.53. The Balaban J connectivity index is 1.27. The van der Waals surface area contributed by atoms with Gasteiger partial charge in [0.05, 0.1) is 11.6 Å². The summed E-state index contributed by atoms with van der Waals surface area (Å²) in [5.41, 5.74) is 2.32. The van der Waals surface area contributed by atoms with Crippen molar-refractivity contribution in [1.82, 2.24) is 4.90 Å². The Labute approximate surface area is 227 Å². The van der Waals surface area contributed by atoms with Gasteiger partial charge in [0.2, 0.25) is 0 Å². The summed E-state index contributed by atoms with van der Waals surface area (Å²) in [7, 11) is 0. The lowest BCUT2D eigenvalue weighted by atomic mass is 9.66. The van der Waals surface area contributed by atoms with Gasteiger partial charge >= 0.3 is 5.63 Å². The van der Waals surface area contributed by atoms with Crippen molar-refractivity contribution in [2.24, 2.45) is 5.92 Å². The summed E-state index contributed by atoms with van der Waals surface area (Å²) < 4.78 is 11.8. The minimum Gasteiger partial charge on any atom is -0.481 e. The molecule has 1 aromatic heterocycles. The molecule has 4 atom stereocenters. The number of fused-ring (bicyclic) bond motifs is 4. The third-order valence-electron chi connectivity index (χ3n) is 8.92. The fourth-order valence-corrected chi connectivity index (χ4v) is 7.11. The maximum absolute atomic E-state index is 13.9. The quantitative estimate of drug-likeness (QED) is 0.415. The van der Waals surface area contributed by atoms with Crippen LogP contribution in [0.2, 0.25) is 5.02 Å². The average Bonchev–Trinajstić information content (AvgIpc) is 2.92. The summed E-state index contributed by atoms with van der Waals surface area (Å²) >= 11 is 6.17. The summed E-state index contributed by atoms with van der Waals surface area (Å²) in [6.07, 6.45) is 7.21. The standard InChI is InChI=1S/C31H34ClNO5/c1-19(37-22-13-14-24-23-6-2-3-7-25(23)30(35)38-27(24)18-22)29(34)33-17-16-31(36)15-5-4-8-26(31)28(33)20-9-11-21(32)12-10-20/h9-14,18-19,26,28,36H,2-8,15-17H2,1H3/t19?,26-,28-,31-/m0/s1. The van der Waals surface area contributed by atoms with Crippen LogP contribution in [0, 0.1) is 5.92 Å². The second kappa shape index (κ2) is 10.0. The predicted molar refractivity (Wildman–Crippen MR) is 147 cm³/mol. The summed E-state index contributed by atoms with van der Waals surface area (Å²) in [4.78, 5) is 28.3. The zero-order chi connectivity index (χ0) is 26.4. The van der Waals surface area contributed by atoms with E-state index in [2.05, 4.69) is 0 Å². The molecule has 1 saturated heterocycles. The maximum Gasteiger partial charge on any atom is 0.339 e. The number of aliphatic hydroxyl groups is 1. The van der Waals surface area contributed by atoms with Crippen molar-refractivity contribution in [3.05, 3.63) is 74.6 Å². The van der Waals surface area contributed by atoms with Gasteiger partial charge in [-0.3, -0.25) is 4.79 Å². The van der Waals surface area contributed by atoms with Crippen LogP contribution in [0.5, 0.6) is 5.75 Å². The molecule has 1 unspecified atom stereocenters. The molecule has 2 aliphatic carbocycles. The molecule has 2 fully saturated rings. The van der Waals surface area contributed by atoms with Crippen molar-refractivity contribution in [2.75, 3.05) is 6.54 Å². The van der Waals surface area contributed by atoms with Crippen LogP contribution in [0.1, 0.15) is 74.6 Å². The molecule has 0 spiro atoms. The topological polar surface area (TPSA) is 80.0 Å². The third kappa shape index (κ3) is 4.52. The molecular formula is C31H34ClNO5. The van der Waals surface area contributed by atoms with E-state index >= 15 is 0 Å². The average molecular weight is 536 g/mol. The third-order valence-corrected chi connectivity index (χ3v) is 9.17. The molecule has 0 bridgehead atoms. The number of piperidine rings is 1. The monoisotopic (exact) mass is 535 g/mol. The Bertz CT molecular complexity index is 1420. The number of carbonyl (C=O) groups is 1. The van der Waals surface area contributed by atoms with Gasteiger partial charge in [0.15, 0.2) is 6.10 Å². The van der Waals surface area contributed by atoms with Gasteiger partial charge in [-0.25, -0.2) is 4.79 Å². The first kappa shape index (κ1) is 25.4. The second-order valence-electron chi connectivity index (χ2n) is 11.2. The molecule has 3 aliphatic rings. The molecule has 1 N–H and O–H groups in total. The second-order valence-corrected chi connectivity index (χ2v) is 11.6. The molecule has 0 radical (unpaired) electrons. The van der Waals surface area contributed by atoms with Gasteiger partial charge in [0.25, 0.3) is 5.91 Å². The molecule has 2 heterocycles. The number of amides is 1. The van der Waals surface area contributed by atoms with E-state index in [1.807, 2.05) is 41.3 Å². The summed E-state index contributed by atoms with van der Waals surface area (Å²) in [6, 6.07) is 12.9. The van der Waals surface area contributed by atoms with Crippen LogP contribution in [0.25, 0.3) is 11.0 Å². The number of halogens is 1. The lowest BCUT2D eigenvalue weighted by molar-refractivity contribution is -0.161. The Morgan fingerprint density at radius 2 is 1.84 bits per heavy atom. The first-order chi connectivity index (χ1) is 18.3. The van der Waals surface area contributed by atoms with Crippen LogP contribution < -0.4 is 10.4 Å². The Kier molecular flexibility index (Phi) is 6.73. The van der Waals surface area contributed by atoms with Crippen molar-refractivity contribution in [3.63, 3.8) is 0 Å². The van der Waals surface area contributed by atoms with Crippen LogP contribution >= 0.6 is 11.6 Å². The molecule has 1 aliphatic heterocycles. The van der Waals surface area contributed by atoms with E-state index < -0.39 is 11.7 Å². The van der Waals surface area contributed by atoms with E-state index in [0.29, 0.717) is 29.3 Å². The van der Waals surface area contributed by atoms with Crippen LogP contribution in [-0.4, -0.2) is 34.2 Å². The molecule has 1 saturated carbocycles. The molecule has 3 aromatic rings. The minimum absolute atomic E-state index is 0.0385. The van der Waals surface area contributed by atoms with Gasteiger partial charge in [0, 0.05) is 34.5 Å². The minimum atomic E-state index is -0.765. The molecule has 1 amide bonds. The van der Waals surface area contributed by atoms with Crippen molar-refractivity contribution in [3.8, 4) is 5.75 Å². The summed E-state index contributed by atoms with van der Waals surface area (Å²) in [5.74, 6) is 0.333. The number of rotatable bonds is 4. The SMILES string of the molecule is CC(Oc1ccc2c3c(c(=O)oc2c1)CCCC3)C(=O)N1CC[C@@]2(O)CCCC[C@H]2[C@@H]1c1ccc(Cl)cc1. The largest absolute Gasteiger partial charge is 0.481 e. The zero-order valence-corrected chi connectivity index (χ0v) is 22.5. The van der Waals surface area contributed by atoms with E-state index in [0.717, 1.165) is 73.4 Å². The molecule has 6 rings (SSSR count). The van der Waals surface area contributed by atoms with E-state index in [9.17, 15) is 14.7 Å². The van der Waals surface area contributed by atoms with Crippen LogP contribution in [0.4, 0.5) is 0 Å². The maximum atomic E-state index is 13.9. The van der Waals surface area contributed by atoms with E-state index in [-0.39, 0.29) is 23.5 Å². The van der Waals surface area contributed by atoms with Gasteiger partial charge in [-0.1, -0.05) is 36.6 Å². The number of aryl methyl sites for hydroxylation is 1. The molecule has 7 heteroatoms. The Morgan fingerprint density at radius 3 is 2.63 bits per heavy atom. The highest BCUT2D eigenvalue weighted by atomic mass is 35.5. The van der Waals surface area contributed by atoms with Gasteiger partial charge in [-0.2, -0.15) is 0 Å². The van der Waals surface area contributed by atoms with Crippen molar-refractivity contribution < 1.29 is 19.1 Å². The highest BCUT2D eigenvalue weighted by Crippen LogP contribution is 2.49. The number of nitrogens with zero attached hydrogens (tertiary/aromatic N) is 1. The summed E-state index contributed by atoms with van der Waals surface area (Å²) in [5, 5.41) is 13.1. The van der Waals surface area contributed by atoms with Crippen molar-refractivity contribution in [1.29, 1.82) is 0 Å². The van der Waals surface area contributed by atoms with Gasteiger partial charge in [-0.05, 0) is 87.3 Å². The van der Waals surface area contributed by atoms with Crippen LogP contribution in [0.15, 0.2) is 51.7 Å². The first-order valence-electron chi connectivity index (χ1n) is 13.9. The Hall–Kier alpha value is -2.83. The fourth-order valence-electron chi connectivity index (χ4n) is 6.99. The smallest absolute Gasteiger partial charge is 0.339 e. The molecule has 6 nitrogen and oxygen atoms in total. The highest BCUT2D eigenvalue weighted by molar-refractivity contribution is 6.30. The molecular weight excluding hydrogens is 502 g/mol. The van der Waals surface area contributed by atoms with Crippen molar-refractivity contribution >= 4 is 28.5 Å². The normalized spacial score (nSPS) is 25.9. The number of likely N-dealkylation sites (tertiary alicyclic amines) is 1. The Morgan fingerprint density at radius 1 is 1.08 bits per heavy atom. The lowest BCUT2D eigenvalue weighted by Crippen LogP contribution is -2.58. The summed E-state index contributed by atoms with van der Waals surface area (Å²) in [6.45, 7) is 2.22. The number of hydrogen-bond acceptors (Lipinski definition) is 5. The molecule has 38 heavy (non-hydrogen) atoms. The van der Waals surface area contributed by atoms with E-state index in [1.54, 1.807) is 13.0 Å². The fraction of sp³-hybridized carbons (Fsp3) is 0.484. The number of ether oxygens (including phenoxy) is 1. The predicted octanol–water partition coefficient (Wildman–Crippen LogP) is 5.99. The van der Waals surface area contributed by atoms with E-state index in [1.165, 1.54) is 0 Å². The van der Waals surface area contributed by atoms with Crippen molar-refractivity contribution in [2.45, 2.75) is 82.5 Å². The van der Waals surface area contributed by atoms with Crippen LogP contribution in [0.3, 0.4) is 0 Å². The number of carbonyl (C=O) groups excluding carboxylic acids is 1. The number of benzene rings is 2.